The molecular formula is C13H18F3NO. The van der Waals surface area contributed by atoms with Gasteiger partial charge in [-0.1, -0.05) is 12.1 Å². The highest BCUT2D eigenvalue weighted by Crippen LogP contribution is 2.30. The molecule has 1 aromatic rings. The number of alkyl halides is 3. The zero-order valence-corrected chi connectivity index (χ0v) is 10.7. The van der Waals surface area contributed by atoms with Crippen LogP contribution in [0.5, 0.6) is 5.75 Å². The van der Waals surface area contributed by atoms with Crippen LogP contribution in [0.3, 0.4) is 0 Å². The van der Waals surface area contributed by atoms with Crippen LogP contribution in [0.1, 0.15) is 31.9 Å². The van der Waals surface area contributed by atoms with Crippen molar-refractivity contribution in [3.63, 3.8) is 0 Å². The fourth-order valence-corrected chi connectivity index (χ4v) is 1.67. The molecule has 1 N–H and O–H groups in total. The van der Waals surface area contributed by atoms with Crippen LogP contribution in [0.2, 0.25) is 0 Å². The van der Waals surface area contributed by atoms with Gasteiger partial charge in [-0.2, -0.15) is 13.2 Å². The van der Waals surface area contributed by atoms with E-state index in [0.29, 0.717) is 11.3 Å². The van der Waals surface area contributed by atoms with Gasteiger partial charge in [0, 0.05) is 6.04 Å². The van der Waals surface area contributed by atoms with Gasteiger partial charge in [-0.15, -0.1) is 0 Å². The maximum absolute atomic E-state index is 12.4. The molecule has 0 saturated heterocycles. The van der Waals surface area contributed by atoms with E-state index in [-0.39, 0.29) is 6.10 Å². The second-order valence-electron chi connectivity index (χ2n) is 4.40. The molecule has 0 bridgehead atoms. The Balaban J connectivity index is 2.75. The van der Waals surface area contributed by atoms with Crippen molar-refractivity contribution in [2.45, 2.75) is 38.6 Å². The SMILES string of the molecule is CNC(CC(F)(F)F)c1ccc(OC(C)C)cc1. The number of rotatable bonds is 5. The van der Waals surface area contributed by atoms with E-state index in [1.807, 2.05) is 13.8 Å². The second-order valence-corrected chi connectivity index (χ2v) is 4.40. The minimum atomic E-state index is -4.18. The van der Waals surface area contributed by atoms with Gasteiger partial charge in [-0.05, 0) is 38.6 Å². The summed E-state index contributed by atoms with van der Waals surface area (Å²) in [4.78, 5) is 0. The molecule has 0 spiro atoms. The third-order valence-corrected chi connectivity index (χ3v) is 2.44. The topological polar surface area (TPSA) is 21.3 Å². The van der Waals surface area contributed by atoms with Gasteiger partial charge in [0.2, 0.25) is 0 Å². The summed E-state index contributed by atoms with van der Waals surface area (Å²) in [6.07, 6.45) is -5.01. The van der Waals surface area contributed by atoms with E-state index in [0.717, 1.165) is 0 Å². The smallest absolute Gasteiger partial charge is 0.390 e. The highest BCUT2D eigenvalue weighted by atomic mass is 19.4. The summed E-state index contributed by atoms with van der Waals surface area (Å²) < 4.78 is 42.5. The van der Waals surface area contributed by atoms with Gasteiger partial charge in [0.1, 0.15) is 5.75 Å². The van der Waals surface area contributed by atoms with Crippen LogP contribution in [0.25, 0.3) is 0 Å². The Bertz CT molecular complexity index is 359. The van der Waals surface area contributed by atoms with Gasteiger partial charge in [-0.3, -0.25) is 0 Å². The van der Waals surface area contributed by atoms with Gasteiger partial charge < -0.3 is 10.1 Å². The third-order valence-electron chi connectivity index (χ3n) is 2.44. The molecule has 0 aliphatic heterocycles. The maximum atomic E-state index is 12.4. The maximum Gasteiger partial charge on any atom is 0.390 e. The summed E-state index contributed by atoms with van der Waals surface area (Å²) in [7, 11) is 1.52. The van der Waals surface area contributed by atoms with Crippen LogP contribution in [-0.2, 0) is 0 Å². The molecule has 2 nitrogen and oxygen atoms in total. The second kappa shape index (κ2) is 6.09. The number of ether oxygens (including phenoxy) is 1. The van der Waals surface area contributed by atoms with Gasteiger partial charge in [0.15, 0.2) is 0 Å². The van der Waals surface area contributed by atoms with Crippen LogP contribution in [-0.4, -0.2) is 19.3 Å². The van der Waals surface area contributed by atoms with Gasteiger partial charge in [0.05, 0.1) is 12.5 Å². The van der Waals surface area contributed by atoms with Gasteiger partial charge >= 0.3 is 6.18 Å². The summed E-state index contributed by atoms with van der Waals surface area (Å²) in [5.41, 5.74) is 0.603. The largest absolute Gasteiger partial charge is 0.491 e. The average Bonchev–Trinajstić information content (AvgIpc) is 2.25. The summed E-state index contributed by atoms with van der Waals surface area (Å²) >= 11 is 0. The first kappa shape index (κ1) is 14.8. The lowest BCUT2D eigenvalue weighted by atomic mass is 10.0. The van der Waals surface area contributed by atoms with Gasteiger partial charge in [0.25, 0.3) is 0 Å². The van der Waals surface area contributed by atoms with Crippen molar-refractivity contribution >= 4 is 0 Å². The lowest BCUT2D eigenvalue weighted by molar-refractivity contribution is -0.140. The monoisotopic (exact) mass is 261 g/mol. The third kappa shape index (κ3) is 4.96. The van der Waals surface area contributed by atoms with Gasteiger partial charge in [-0.25, -0.2) is 0 Å². The minimum Gasteiger partial charge on any atom is -0.491 e. The molecule has 0 heterocycles. The Kier molecular flexibility index (Phi) is 5.02. The molecule has 0 saturated carbocycles. The molecule has 1 atom stereocenters. The highest BCUT2D eigenvalue weighted by molar-refractivity contribution is 5.29. The molecule has 0 amide bonds. The molecule has 0 fully saturated rings. The molecule has 5 heteroatoms. The van der Waals surface area contributed by atoms with Crippen molar-refractivity contribution in [2.75, 3.05) is 7.05 Å². The Morgan fingerprint density at radius 2 is 1.72 bits per heavy atom. The fraction of sp³-hybridized carbons (Fsp3) is 0.538. The number of benzene rings is 1. The van der Waals surface area contributed by atoms with Crippen LogP contribution in [0.4, 0.5) is 13.2 Å². The van der Waals surface area contributed by atoms with Crippen molar-refractivity contribution in [1.29, 1.82) is 0 Å². The Hall–Kier alpha value is -1.23. The fourth-order valence-electron chi connectivity index (χ4n) is 1.67. The Morgan fingerprint density at radius 3 is 2.11 bits per heavy atom. The summed E-state index contributed by atoms with van der Waals surface area (Å²) in [5.74, 6) is 0.663. The van der Waals surface area contributed by atoms with Crippen molar-refractivity contribution in [3.05, 3.63) is 29.8 Å². The Morgan fingerprint density at radius 1 is 1.17 bits per heavy atom. The standard InChI is InChI=1S/C13H18F3NO/c1-9(2)18-11-6-4-10(5-7-11)12(17-3)8-13(14,15)16/h4-7,9,12,17H,8H2,1-3H3. The molecule has 18 heavy (non-hydrogen) atoms. The molecule has 0 aliphatic rings. The van der Waals surface area contributed by atoms with Crippen molar-refractivity contribution in [2.24, 2.45) is 0 Å². The molecule has 102 valence electrons. The van der Waals surface area contributed by atoms with Crippen LogP contribution in [0, 0.1) is 0 Å². The summed E-state index contributed by atoms with van der Waals surface area (Å²) in [5, 5.41) is 2.67. The predicted molar refractivity (Wildman–Crippen MR) is 64.7 cm³/mol. The normalized spacial score (nSPS) is 13.7. The first-order valence-electron chi connectivity index (χ1n) is 5.82. The molecular weight excluding hydrogens is 243 g/mol. The van der Waals surface area contributed by atoms with Crippen LogP contribution >= 0.6 is 0 Å². The first-order valence-corrected chi connectivity index (χ1v) is 5.82. The first-order chi connectivity index (χ1) is 8.31. The molecule has 0 aromatic heterocycles. The van der Waals surface area contributed by atoms with E-state index in [1.165, 1.54) is 7.05 Å². The molecule has 1 unspecified atom stereocenters. The molecule has 1 aromatic carbocycles. The van der Waals surface area contributed by atoms with E-state index >= 15 is 0 Å². The molecule has 0 aliphatic carbocycles. The van der Waals surface area contributed by atoms with E-state index in [2.05, 4.69) is 5.32 Å². The Labute approximate surface area is 105 Å². The molecule has 0 radical (unpaired) electrons. The predicted octanol–water partition coefficient (Wildman–Crippen LogP) is 3.69. The number of hydrogen-bond acceptors (Lipinski definition) is 2. The number of halogens is 3. The van der Waals surface area contributed by atoms with Crippen molar-refractivity contribution in [1.82, 2.24) is 5.32 Å². The number of nitrogens with one attached hydrogen (secondary N) is 1. The molecule has 1 rings (SSSR count). The lowest BCUT2D eigenvalue weighted by Gasteiger charge is -2.19. The quantitative estimate of drug-likeness (QED) is 0.872. The number of hydrogen-bond donors (Lipinski definition) is 1. The van der Waals surface area contributed by atoms with E-state index in [9.17, 15) is 13.2 Å². The zero-order chi connectivity index (χ0) is 13.8. The summed E-state index contributed by atoms with van der Waals surface area (Å²) in [6, 6.07) is 5.97. The van der Waals surface area contributed by atoms with Crippen LogP contribution < -0.4 is 10.1 Å². The average molecular weight is 261 g/mol. The zero-order valence-electron chi connectivity index (χ0n) is 10.7. The van der Waals surface area contributed by atoms with Crippen LogP contribution in [0.15, 0.2) is 24.3 Å². The van der Waals surface area contributed by atoms with Crippen molar-refractivity contribution in [3.8, 4) is 5.75 Å². The van der Waals surface area contributed by atoms with E-state index in [4.69, 9.17) is 4.74 Å². The highest BCUT2D eigenvalue weighted by Gasteiger charge is 2.31. The summed E-state index contributed by atoms with van der Waals surface area (Å²) in [6.45, 7) is 3.79. The lowest BCUT2D eigenvalue weighted by Crippen LogP contribution is -2.23. The minimum absolute atomic E-state index is 0.0473. The van der Waals surface area contributed by atoms with E-state index < -0.39 is 18.6 Å². The van der Waals surface area contributed by atoms with E-state index in [1.54, 1.807) is 24.3 Å². The van der Waals surface area contributed by atoms with Crippen molar-refractivity contribution < 1.29 is 17.9 Å².